The Kier molecular flexibility index (Phi) is 4.43. The fourth-order valence-electron chi connectivity index (χ4n) is 1.82. The standard InChI is InChI=1S/C14H15BrN2O3S/c1-9-3-6-14(12(16)7-9)21(18,19)17-13-8-10(20-2)4-5-11(13)15/h3-8,17H,16H2,1-2H3. The number of rotatable bonds is 4. The molecule has 0 saturated carbocycles. The minimum Gasteiger partial charge on any atom is -0.497 e. The van der Waals surface area contributed by atoms with Gasteiger partial charge < -0.3 is 10.5 Å². The zero-order valence-corrected chi connectivity index (χ0v) is 14.0. The molecule has 0 fully saturated rings. The maximum Gasteiger partial charge on any atom is 0.263 e. The van der Waals surface area contributed by atoms with E-state index in [4.69, 9.17) is 10.5 Å². The predicted octanol–water partition coefficient (Wildman–Crippen LogP) is 3.15. The molecule has 0 atom stereocenters. The highest BCUT2D eigenvalue weighted by Gasteiger charge is 2.19. The van der Waals surface area contributed by atoms with Crippen LogP contribution in [0.5, 0.6) is 5.75 Å². The van der Waals surface area contributed by atoms with Gasteiger partial charge in [-0.2, -0.15) is 0 Å². The number of anilines is 2. The van der Waals surface area contributed by atoms with Crippen molar-refractivity contribution in [3.05, 3.63) is 46.4 Å². The molecule has 2 rings (SSSR count). The first-order valence-corrected chi connectivity index (χ1v) is 8.33. The summed E-state index contributed by atoms with van der Waals surface area (Å²) in [4.78, 5) is 0.0443. The Balaban J connectivity index is 2.42. The second-order valence-electron chi connectivity index (χ2n) is 4.49. The Hall–Kier alpha value is -1.73. The maximum absolute atomic E-state index is 12.4. The van der Waals surface area contributed by atoms with Crippen LogP contribution in [-0.2, 0) is 10.0 Å². The number of halogens is 1. The van der Waals surface area contributed by atoms with Gasteiger partial charge in [0.1, 0.15) is 10.6 Å². The summed E-state index contributed by atoms with van der Waals surface area (Å²) in [6.45, 7) is 1.85. The molecule has 0 aliphatic carbocycles. The van der Waals surface area contributed by atoms with Gasteiger partial charge in [-0.1, -0.05) is 6.07 Å². The minimum atomic E-state index is -3.77. The van der Waals surface area contributed by atoms with Crippen LogP contribution in [0.3, 0.4) is 0 Å². The van der Waals surface area contributed by atoms with Gasteiger partial charge in [-0.15, -0.1) is 0 Å². The Morgan fingerprint density at radius 2 is 1.90 bits per heavy atom. The molecular formula is C14H15BrN2O3S. The number of hydrogen-bond donors (Lipinski definition) is 2. The summed E-state index contributed by atoms with van der Waals surface area (Å²) in [6.07, 6.45) is 0. The van der Waals surface area contributed by atoms with Crippen molar-refractivity contribution in [2.45, 2.75) is 11.8 Å². The summed E-state index contributed by atoms with van der Waals surface area (Å²) >= 11 is 3.30. The normalized spacial score (nSPS) is 11.2. The van der Waals surface area contributed by atoms with Crippen LogP contribution in [0.25, 0.3) is 0 Å². The third-order valence-electron chi connectivity index (χ3n) is 2.87. The van der Waals surface area contributed by atoms with E-state index in [1.54, 1.807) is 30.3 Å². The monoisotopic (exact) mass is 370 g/mol. The summed E-state index contributed by atoms with van der Waals surface area (Å²) in [5.41, 5.74) is 7.29. The molecule has 0 heterocycles. The number of ether oxygens (including phenoxy) is 1. The van der Waals surface area contributed by atoms with Crippen LogP contribution in [0.2, 0.25) is 0 Å². The van der Waals surface area contributed by atoms with Crippen LogP contribution >= 0.6 is 15.9 Å². The summed E-state index contributed by atoms with van der Waals surface area (Å²) in [5.74, 6) is 0.549. The number of benzene rings is 2. The van der Waals surface area contributed by atoms with E-state index in [0.29, 0.717) is 15.9 Å². The third kappa shape index (κ3) is 3.48. The number of methoxy groups -OCH3 is 1. The molecule has 0 aliphatic heterocycles. The van der Waals surface area contributed by atoms with Gasteiger partial charge in [-0.3, -0.25) is 4.72 Å². The average Bonchev–Trinajstić information content (AvgIpc) is 2.40. The summed E-state index contributed by atoms with van der Waals surface area (Å²) in [5, 5.41) is 0. The molecule has 0 unspecified atom stereocenters. The molecule has 0 amide bonds. The third-order valence-corrected chi connectivity index (χ3v) is 5.00. The van der Waals surface area contributed by atoms with E-state index >= 15 is 0 Å². The molecule has 0 aromatic heterocycles. The lowest BCUT2D eigenvalue weighted by atomic mass is 10.2. The van der Waals surface area contributed by atoms with E-state index in [1.807, 2.05) is 6.92 Å². The van der Waals surface area contributed by atoms with Crippen molar-refractivity contribution in [1.29, 1.82) is 0 Å². The van der Waals surface area contributed by atoms with Crippen LogP contribution < -0.4 is 15.2 Å². The van der Waals surface area contributed by atoms with Gasteiger partial charge >= 0.3 is 0 Å². The number of sulfonamides is 1. The van der Waals surface area contributed by atoms with Gasteiger partial charge in [0.25, 0.3) is 10.0 Å². The van der Waals surface area contributed by atoms with Crippen molar-refractivity contribution in [3.63, 3.8) is 0 Å². The van der Waals surface area contributed by atoms with Gasteiger partial charge in [0, 0.05) is 10.5 Å². The van der Waals surface area contributed by atoms with E-state index < -0.39 is 10.0 Å². The van der Waals surface area contributed by atoms with Crippen molar-refractivity contribution >= 4 is 37.3 Å². The predicted molar refractivity (Wildman–Crippen MR) is 87.1 cm³/mol. The molecular weight excluding hydrogens is 356 g/mol. The molecule has 0 aliphatic rings. The van der Waals surface area contributed by atoms with Gasteiger partial charge in [0.2, 0.25) is 0 Å². The fourth-order valence-corrected chi connectivity index (χ4v) is 3.48. The smallest absolute Gasteiger partial charge is 0.263 e. The largest absolute Gasteiger partial charge is 0.497 e. The van der Waals surface area contributed by atoms with Crippen molar-refractivity contribution in [1.82, 2.24) is 0 Å². The Morgan fingerprint density at radius 3 is 2.52 bits per heavy atom. The van der Waals surface area contributed by atoms with Gasteiger partial charge in [-0.25, -0.2) is 8.42 Å². The molecule has 2 aromatic carbocycles. The lowest BCUT2D eigenvalue weighted by molar-refractivity contribution is 0.415. The number of nitrogens with two attached hydrogens (primary N) is 1. The highest BCUT2D eigenvalue weighted by atomic mass is 79.9. The second-order valence-corrected chi connectivity index (χ2v) is 7.00. The quantitative estimate of drug-likeness (QED) is 0.809. The molecule has 7 heteroatoms. The number of nitrogens with one attached hydrogen (secondary N) is 1. The van der Waals surface area contributed by atoms with E-state index in [2.05, 4.69) is 20.7 Å². The molecule has 0 saturated heterocycles. The number of aryl methyl sites for hydroxylation is 1. The molecule has 21 heavy (non-hydrogen) atoms. The first kappa shape index (κ1) is 15.7. The second kappa shape index (κ2) is 5.95. The lowest BCUT2D eigenvalue weighted by Gasteiger charge is -2.13. The molecule has 5 nitrogen and oxygen atoms in total. The van der Waals surface area contributed by atoms with Crippen LogP contribution in [0.4, 0.5) is 11.4 Å². The molecule has 0 radical (unpaired) electrons. The van der Waals surface area contributed by atoms with Crippen LogP contribution in [0, 0.1) is 6.92 Å². The topological polar surface area (TPSA) is 81.4 Å². The fraction of sp³-hybridized carbons (Fsp3) is 0.143. The Labute approximate surface area is 132 Å². The highest BCUT2D eigenvalue weighted by molar-refractivity contribution is 9.10. The van der Waals surface area contributed by atoms with E-state index in [0.717, 1.165) is 5.56 Å². The molecule has 0 bridgehead atoms. The SMILES string of the molecule is COc1ccc(Br)c(NS(=O)(=O)c2ccc(C)cc2N)c1. The van der Waals surface area contributed by atoms with Crippen molar-refractivity contribution < 1.29 is 13.2 Å². The summed E-state index contributed by atoms with van der Waals surface area (Å²) in [7, 11) is -2.26. The highest BCUT2D eigenvalue weighted by Crippen LogP contribution is 2.30. The number of nitrogen functional groups attached to an aromatic ring is 1. The lowest BCUT2D eigenvalue weighted by Crippen LogP contribution is -2.15. The molecule has 112 valence electrons. The Bertz CT molecular complexity index is 776. The van der Waals surface area contributed by atoms with Crippen molar-refractivity contribution in [2.24, 2.45) is 0 Å². The van der Waals surface area contributed by atoms with Crippen LogP contribution in [0.15, 0.2) is 45.8 Å². The zero-order chi connectivity index (χ0) is 15.6. The van der Waals surface area contributed by atoms with E-state index in [-0.39, 0.29) is 10.6 Å². The average molecular weight is 371 g/mol. The van der Waals surface area contributed by atoms with E-state index in [1.165, 1.54) is 13.2 Å². The number of hydrogen-bond acceptors (Lipinski definition) is 4. The van der Waals surface area contributed by atoms with Crippen LogP contribution in [-0.4, -0.2) is 15.5 Å². The summed E-state index contributed by atoms with van der Waals surface area (Å²) in [6, 6.07) is 9.82. The molecule has 2 aromatic rings. The van der Waals surface area contributed by atoms with Gasteiger partial charge in [-0.05, 0) is 52.7 Å². The summed E-state index contributed by atoms with van der Waals surface area (Å²) < 4.78 is 33.1. The maximum atomic E-state index is 12.4. The van der Waals surface area contributed by atoms with Crippen molar-refractivity contribution in [3.8, 4) is 5.75 Å². The van der Waals surface area contributed by atoms with Gasteiger partial charge in [0.15, 0.2) is 0 Å². The van der Waals surface area contributed by atoms with Gasteiger partial charge in [0.05, 0.1) is 18.5 Å². The minimum absolute atomic E-state index is 0.0443. The molecule has 3 N–H and O–H groups in total. The first-order valence-electron chi connectivity index (χ1n) is 6.06. The zero-order valence-electron chi connectivity index (χ0n) is 11.6. The first-order chi connectivity index (χ1) is 9.83. The van der Waals surface area contributed by atoms with Crippen LogP contribution in [0.1, 0.15) is 5.56 Å². The van der Waals surface area contributed by atoms with Crippen molar-refractivity contribution in [2.75, 3.05) is 17.6 Å². The van der Waals surface area contributed by atoms with E-state index in [9.17, 15) is 8.42 Å². The molecule has 0 spiro atoms. The Morgan fingerprint density at radius 1 is 1.19 bits per heavy atom.